The van der Waals surface area contributed by atoms with Crippen molar-refractivity contribution in [3.63, 3.8) is 0 Å². The van der Waals surface area contributed by atoms with E-state index in [2.05, 4.69) is 17.2 Å². The van der Waals surface area contributed by atoms with Crippen molar-refractivity contribution < 1.29 is 9.53 Å². The molecule has 1 atom stereocenters. The summed E-state index contributed by atoms with van der Waals surface area (Å²) in [6.07, 6.45) is 2.66. The fraction of sp³-hybridized carbons (Fsp3) is 0.643. The van der Waals surface area contributed by atoms with E-state index in [0.29, 0.717) is 10.9 Å². The maximum absolute atomic E-state index is 11.5. The maximum atomic E-state index is 11.5. The Kier molecular flexibility index (Phi) is 5.54. The van der Waals surface area contributed by atoms with Crippen LogP contribution in [0.4, 0.5) is 0 Å². The lowest BCUT2D eigenvalue weighted by Crippen LogP contribution is -2.36. The van der Waals surface area contributed by atoms with Crippen molar-refractivity contribution in [3.8, 4) is 0 Å². The van der Waals surface area contributed by atoms with Gasteiger partial charge in [0.1, 0.15) is 0 Å². The minimum absolute atomic E-state index is 0.222. The molecule has 6 heteroatoms. The summed E-state index contributed by atoms with van der Waals surface area (Å²) in [5, 5.41) is 0. The highest BCUT2D eigenvalue weighted by atomic mass is 32.1. The van der Waals surface area contributed by atoms with Crippen LogP contribution in [0.3, 0.4) is 0 Å². The van der Waals surface area contributed by atoms with E-state index in [1.54, 1.807) is 7.11 Å². The molecule has 0 radical (unpaired) electrons. The van der Waals surface area contributed by atoms with Gasteiger partial charge in [0.05, 0.1) is 11.5 Å². The van der Waals surface area contributed by atoms with Crippen molar-refractivity contribution in [1.82, 2.24) is 10.3 Å². The fourth-order valence-electron chi connectivity index (χ4n) is 2.37. The molecule has 2 rings (SSSR count). The first kappa shape index (κ1) is 15.4. The normalized spacial score (nSPS) is 16.4. The van der Waals surface area contributed by atoms with Crippen molar-refractivity contribution in [3.05, 3.63) is 21.9 Å². The number of methoxy groups -OCH3 is 1. The van der Waals surface area contributed by atoms with E-state index in [1.807, 2.05) is 12.1 Å². The van der Waals surface area contributed by atoms with Crippen molar-refractivity contribution in [2.24, 2.45) is 11.8 Å². The van der Waals surface area contributed by atoms with Crippen molar-refractivity contribution >= 4 is 17.2 Å². The largest absolute Gasteiger partial charge is 0.383 e. The van der Waals surface area contributed by atoms with Gasteiger partial charge in [0, 0.05) is 31.1 Å². The lowest BCUT2D eigenvalue weighted by atomic mass is 10.2. The van der Waals surface area contributed by atoms with Gasteiger partial charge in [-0.05, 0) is 37.8 Å². The average Bonchev–Trinajstić information content (AvgIpc) is 3.21. The lowest BCUT2D eigenvalue weighted by Gasteiger charge is -2.28. The highest BCUT2D eigenvalue weighted by molar-refractivity contribution is 7.14. The lowest BCUT2D eigenvalue weighted by molar-refractivity contribution is 0.0957. The number of nitrogens with one attached hydrogen (secondary N) is 1. The van der Waals surface area contributed by atoms with Crippen LogP contribution in [0.25, 0.3) is 0 Å². The van der Waals surface area contributed by atoms with Gasteiger partial charge in [0.15, 0.2) is 0 Å². The maximum Gasteiger partial charge on any atom is 0.275 e. The monoisotopic (exact) mass is 297 g/mol. The summed E-state index contributed by atoms with van der Waals surface area (Å²) in [5.74, 6) is 5.75. The Morgan fingerprint density at radius 1 is 1.60 bits per heavy atom. The third-order valence-corrected chi connectivity index (χ3v) is 4.91. The van der Waals surface area contributed by atoms with Gasteiger partial charge in [0.2, 0.25) is 0 Å². The molecular formula is C14H23N3O2S. The van der Waals surface area contributed by atoms with Gasteiger partial charge >= 0.3 is 0 Å². The summed E-state index contributed by atoms with van der Waals surface area (Å²) in [6.45, 7) is 4.81. The van der Waals surface area contributed by atoms with Gasteiger partial charge in [-0.3, -0.25) is 15.1 Å². The van der Waals surface area contributed by atoms with E-state index in [0.717, 1.165) is 25.6 Å². The van der Waals surface area contributed by atoms with E-state index in [1.165, 1.54) is 29.1 Å². The number of nitrogen functional groups attached to an aromatic ring is 1. The summed E-state index contributed by atoms with van der Waals surface area (Å²) < 4.78 is 5.20. The fourth-order valence-corrected chi connectivity index (χ4v) is 3.30. The van der Waals surface area contributed by atoms with Gasteiger partial charge in [-0.15, -0.1) is 11.3 Å². The van der Waals surface area contributed by atoms with Crippen LogP contribution in [-0.4, -0.2) is 37.1 Å². The van der Waals surface area contributed by atoms with Crippen LogP contribution < -0.4 is 11.3 Å². The number of carbonyl (C=O) groups excluding carboxylic acids is 1. The first-order valence-corrected chi connectivity index (χ1v) is 7.80. The first-order valence-electron chi connectivity index (χ1n) is 6.98. The number of rotatable bonds is 8. The second-order valence-corrected chi connectivity index (χ2v) is 6.45. The number of hydrogen-bond acceptors (Lipinski definition) is 5. The standard InChI is InChI=1S/C14H23N3O2S/c1-10(11-3-4-11)17(7-8-19-2)9-12-5-6-13(20-12)14(18)16-15/h5-6,10-11H,3-4,7-9,15H2,1-2H3,(H,16,18). The van der Waals surface area contributed by atoms with E-state index in [-0.39, 0.29) is 5.91 Å². The molecule has 1 aromatic heterocycles. The van der Waals surface area contributed by atoms with Gasteiger partial charge in [-0.2, -0.15) is 0 Å². The van der Waals surface area contributed by atoms with Gasteiger partial charge in [-0.1, -0.05) is 0 Å². The minimum atomic E-state index is -0.222. The molecule has 20 heavy (non-hydrogen) atoms. The molecule has 1 heterocycles. The molecule has 1 aliphatic rings. The Balaban J connectivity index is 1.98. The Bertz CT molecular complexity index is 445. The zero-order valence-corrected chi connectivity index (χ0v) is 12.9. The van der Waals surface area contributed by atoms with Crippen LogP contribution in [0.1, 0.15) is 34.3 Å². The number of ether oxygens (including phenoxy) is 1. The highest BCUT2D eigenvalue weighted by Gasteiger charge is 2.32. The van der Waals surface area contributed by atoms with E-state index in [4.69, 9.17) is 10.6 Å². The summed E-state index contributed by atoms with van der Waals surface area (Å²) in [5.41, 5.74) is 2.17. The van der Waals surface area contributed by atoms with Crippen LogP contribution >= 0.6 is 11.3 Å². The Labute approximate surface area is 124 Å². The van der Waals surface area contributed by atoms with Crippen LogP contribution in [0.2, 0.25) is 0 Å². The van der Waals surface area contributed by atoms with Gasteiger partial charge < -0.3 is 4.74 Å². The summed E-state index contributed by atoms with van der Waals surface area (Å²) in [6, 6.07) is 4.41. The molecule has 5 nitrogen and oxygen atoms in total. The molecule has 0 aliphatic heterocycles. The Morgan fingerprint density at radius 3 is 2.95 bits per heavy atom. The highest BCUT2D eigenvalue weighted by Crippen LogP contribution is 2.35. The predicted molar refractivity (Wildman–Crippen MR) is 80.4 cm³/mol. The molecule has 0 saturated heterocycles. The summed E-state index contributed by atoms with van der Waals surface area (Å²) in [7, 11) is 1.73. The van der Waals surface area contributed by atoms with Crippen LogP contribution in [0.15, 0.2) is 12.1 Å². The predicted octanol–water partition coefficient (Wildman–Crippen LogP) is 1.60. The van der Waals surface area contributed by atoms with Crippen LogP contribution in [0.5, 0.6) is 0 Å². The zero-order valence-electron chi connectivity index (χ0n) is 12.1. The molecule has 0 aromatic carbocycles. The molecule has 0 bridgehead atoms. The molecule has 1 aliphatic carbocycles. The summed E-state index contributed by atoms with van der Waals surface area (Å²) in [4.78, 5) is 15.8. The molecular weight excluding hydrogens is 274 g/mol. The van der Waals surface area contributed by atoms with Crippen molar-refractivity contribution in [2.75, 3.05) is 20.3 Å². The number of hydrogen-bond donors (Lipinski definition) is 2. The molecule has 1 aromatic rings. The number of amides is 1. The van der Waals surface area contributed by atoms with E-state index >= 15 is 0 Å². The minimum Gasteiger partial charge on any atom is -0.383 e. The molecule has 1 saturated carbocycles. The number of nitrogens with two attached hydrogens (primary N) is 1. The van der Waals surface area contributed by atoms with E-state index < -0.39 is 0 Å². The molecule has 0 spiro atoms. The van der Waals surface area contributed by atoms with Crippen LogP contribution in [-0.2, 0) is 11.3 Å². The Morgan fingerprint density at radius 2 is 2.35 bits per heavy atom. The molecule has 1 unspecified atom stereocenters. The quantitative estimate of drug-likeness (QED) is 0.434. The Hall–Kier alpha value is -0.950. The molecule has 1 fully saturated rings. The number of carbonyl (C=O) groups is 1. The second-order valence-electron chi connectivity index (χ2n) is 5.28. The second kappa shape index (κ2) is 7.17. The molecule has 112 valence electrons. The topological polar surface area (TPSA) is 67.6 Å². The van der Waals surface area contributed by atoms with E-state index in [9.17, 15) is 4.79 Å². The average molecular weight is 297 g/mol. The number of hydrazine groups is 1. The number of nitrogens with zero attached hydrogens (tertiary/aromatic N) is 1. The first-order chi connectivity index (χ1) is 9.65. The van der Waals surface area contributed by atoms with Gasteiger partial charge in [-0.25, -0.2) is 5.84 Å². The smallest absolute Gasteiger partial charge is 0.275 e. The molecule has 3 N–H and O–H groups in total. The van der Waals surface area contributed by atoms with Crippen molar-refractivity contribution in [2.45, 2.75) is 32.4 Å². The van der Waals surface area contributed by atoms with Crippen molar-refractivity contribution in [1.29, 1.82) is 0 Å². The van der Waals surface area contributed by atoms with Gasteiger partial charge in [0.25, 0.3) is 5.91 Å². The third-order valence-electron chi connectivity index (χ3n) is 3.84. The summed E-state index contributed by atoms with van der Waals surface area (Å²) >= 11 is 1.50. The zero-order chi connectivity index (χ0) is 14.5. The number of thiophene rings is 1. The SMILES string of the molecule is COCCN(Cc1ccc(C(=O)NN)s1)C(C)C1CC1. The third kappa shape index (κ3) is 4.02. The van der Waals surface area contributed by atoms with Crippen LogP contribution in [0, 0.1) is 5.92 Å². The molecule has 1 amide bonds.